The van der Waals surface area contributed by atoms with Gasteiger partial charge in [-0.2, -0.15) is 0 Å². The number of benzene rings is 2. The number of hydrogen-bond acceptors (Lipinski definition) is 4. The summed E-state index contributed by atoms with van der Waals surface area (Å²) in [5.74, 6) is 0.737. The monoisotopic (exact) mass is 446 g/mol. The molecule has 0 amide bonds. The Labute approximate surface area is 199 Å². The van der Waals surface area contributed by atoms with Crippen molar-refractivity contribution in [3.05, 3.63) is 102 Å². The van der Waals surface area contributed by atoms with E-state index in [9.17, 15) is 0 Å². The lowest BCUT2D eigenvalue weighted by molar-refractivity contribution is 0.413. The quantitative estimate of drug-likeness (QED) is 0.304. The summed E-state index contributed by atoms with van der Waals surface area (Å²) in [5, 5.41) is 1.15. The fourth-order valence-electron chi connectivity index (χ4n) is 4.28. The third kappa shape index (κ3) is 4.08. The van der Waals surface area contributed by atoms with Gasteiger partial charge in [0.2, 0.25) is 0 Å². The van der Waals surface area contributed by atoms with Crippen LogP contribution in [0.3, 0.4) is 0 Å². The van der Waals surface area contributed by atoms with Crippen molar-refractivity contribution in [1.29, 1.82) is 0 Å². The Morgan fingerprint density at radius 1 is 0.912 bits per heavy atom. The van der Waals surface area contributed by atoms with Crippen LogP contribution in [0.5, 0.6) is 5.75 Å². The zero-order chi connectivity index (χ0) is 23.5. The maximum Gasteiger partial charge on any atom is 0.137 e. The minimum absolute atomic E-state index is 0.685. The fourth-order valence-corrected chi connectivity index (χ4v) is 4.28. The number of ether oxygens (including phenoxy) is 1. The third-order valence-electron chi connectivity index (χ3n) is 5.98. The maximum absolute atomic E-state index is 5.37. The van der Waals surface area contributed by atoms with Gasteiger partial charge in [0.1, 0.15) is 5.75 Å². The number of pyridine rings is 2. The molecule has 5 rings (SSSR count). The van der Waals surface area contributed by atoms with Gasteiger partial charge >= 0.3 is 0 Å². The largest absolute Gasteiger partial charge is 0.495 e. The first kappa shape index (κ1) is 21.6. The van der Waals surface area contributed by atoms with Crippen molar-refractivity contribution in [2.24, 2.45) is 4.99 Å². The molecule has 1 N–H and O–H groups in total. The predicted molar refractivity (Wildman–Crippen MR) is 139 cm³/mol. The first-order valence-corrected chi connectivity index (χ1v) is 11.4. The summed E-state index contributed by atoms with van der Waals surface area (Å²) >= 11 is 0. The topological polar surface area (TPSA) is 63.2 Å². The maximum atomic E-state index is 5.37. The van der Waals surface area contributed by atoms with Gasteiger partial charge in [0.05, 0.1) is 24.7 Å². The average Bonchev–Trinajstić information content (AvgIpc) is 3.32. The van der Waals surface area contributed by atoms with E-state index in [4.69, 9.17) is 9.73 Å². The molecule has 5 aromatic rings. The fraction of sp³-hybridized carbons (Fsp3) is 0.138. The van der Waals surface area contributed by atoms with Gasteiger partial charge in [-0.3, -0.25) is 15.0 Å². The first-order valence-electron chi connectivity index (χ1n) is 11.4. The van der Waals surface area contributed by atoms with E-state index in [1.54, 1.807) is 19.5 Å². The minimum atomic E-state index is 0.685. The van der Waals surface area contributed by atoms with Crippen LogP contribution in [0.1, 0.15) is 23.7 Å². The molecule has 0 radical (unpaired) electrons. The lowest BCUT2D eigenvalue weighted by Crippen LogP contribution is -2.07. The van der Waals surface area contributed by atoms with Gasteiger partial charge in [-0.15, -0.1) is 0 Å². The summed E-state index contributed by atoms with van der Waals surface area (Å²) in [6, 6.07) is 21.0. The number of hydrogen-bond donors (Lipinski definition) is 1. The zero-order valence-electron chi connectivity index (χ0n) is 19.5. The zero-order valence-corrected chi connectivity index (χ0v) is 19.5. The van der Waals surface area contributed by atoms with E-state index in [-0.39, 0.29) is 0 Å². The number of aryl methyl sites for hydroxylation is 1. The van der Waals surface area contributed by atoms with Crippen LogP contribution in [-0.2, 0) is 0 Å². The summed E-state index contributed by atoms with van der Waals surface area (Å²) in [4.78, 5) is 17.2. The molecule has 3 heterocycles. The normalized spacial score (nSPS) is 11.7. The number of aromatic nitrogens is 3. The molecule has 168 valence electrons. The molecule has 0 aliphatic rings. The lowest BCUT2D eigenvalue weighted by Gasteiger charge is -2.12. The van der Waals surface area contributed by atoms with Gasteiger partial charge < -0.3 is 9.72 Å². The highest BCUT2D eigenvalue weighted by atomic mass is 16.5. The first-order chi connectivity index (χ1) is 16.7. The van der Waals surface area contributed by atoms with Crippen molar-refractivity contribution >= 4 is 16.6 Å². The molecule has 0 saturated carbocycles. The van der Waals surface area contributed by atoms with Crippen LogP contribution in [0, 0.1) is 6.92 Å². The second-order valence-corrected chi connectivity index (χ2v) is 8.16. The van der Waals surface area contributed by atoms with E-state index in [0.717, 1.165) is 61.4 Å². The van der Waals surface area contributed by atoms with Crippen LogP contribution in [0.2, 0.25) is 0 Å². The second-order valence-electron chi connectivity index (χ2n) is 8.16. The Hall–Kier alpha value is -4.25. The highest BCUT2D eigenvalue weighted by Crippen LogP contribution is 2.31. The molecule has 0 fully saturated rings. The van der Waals surface area contributed by atoms with Crippen molar-refractivity contribution in [1.82, 2.24) is 15.0 Å². The smallest absolute Gasteiger partial charge is 0.137 e. The van der Waals surface area contributed by atoms with E-state index >= 15 is 0 Å². The number of nitrogens with zero attached hydrogens (tertiary/aromatic N) is 3. The molecule has 5 nitrogen and oxygen atoms in total. The van der Waals surface area contributed by atoms with Crippen molar-refractivity contribution < 1.29 is 4.74 Å². The third-order valence-corrected chi connectivity index (χ3v) is 5.98. The highest BCUT2D eigenvalue weighted by molar-refractivity contribution is 6.15. The molecular weight excluding hydrogens is 420 g/mol. The second kappa shape index (κ2) is 9.32. The van der Waals surface area contributed by atoms with Crippen LogP contribution in [0.25, 0.3) is 33.2 Å². The number of aromatic amines is 1. The molecule has 0 atom stereocenters. The summed E-state index contributed by atoms with van der Waals surface area (Å²) < 4.78 is 5.37. The molecule has 34 heavy (non-hydrogen) atoms. The molecule has 0 saturated heterocycles. The molecule has 5 heteroatoms. The van der Waals surface area contributed by atoms with Crippen LogP contribution >= 0.6 is 0 Å². The minimum Gasteiger partial charge on any atom is -0.495 e. The number of H-pyrrole nitrogens is 1. The van der Waals surface area contributed by atoms with Crippen LogP contribution in [-0.4, -0.2) is 34.3 Å². The van der Waals surface area contributed by atoms with Crippen molar-refractivity contribution in [3.8, 4) is 28.0 Å². The number of nitrogens with one attached hydrogen (secondary N) is 1. The average molecular weight is 447 g/mol. The Bertz CT molecular complexity index is 1490. The van der Waals surface area contributed by atoms with Crippen LogP contribution in [0.15, 0.2) is 90.4 Å². The lowest BCUT2D eigenvalue weighted by atomic mass is 9.96. The standard InChI is InChI=1S/C29H26N4O/c1-4-32-29(25-14-20(11-10-19(25)2)22-13-23(34-3)18-31-17-22)28-15-26-24(8-5-9-27(26)33-28)21-7-6-12-30-16-21/h5-18,33H,4H2,1-3H3. The Kier molecular flexibility index (Phi) is 5.91. The van der Waals surface area contributed by atoms with Crippen LogP contribution in [0.4, 0.5) is 0 Å². The number of fused-ring (bicyclic) bond motifs is 1. The number of rotatable bonds is 6. The molecule has 0 bridgehead atoms. The van der Waals surface area contributed by atoms with E-state index in [1.165, 1.54) is 0 Å². The summed E-state index contributed by atoms with van der Waals surface area (Å²) in [7, 11) is 1.66. The highest BCUT2D eigenvalue weighted by Gasteiger charge is 2.16. The SMILES string of the molecule is CCN=C(c1cc2c(-c3cccnc3)cccc2[nH]1)c1cc(-c2cncc(OC)c2)ccc1C. The Morgan fingerprint density at radius 2 is 1.79 bits per heavy atom. The summed E-state index contributed by atoms with van der Waals surface area (Å²) in [6.45, 7) is 4.87. The van der Waals surface area contributed by atoms with Gasteiger partial charge in [0.25, 0.3) is 0 Å². The van der Waals surface area contributed by atoms with Gasteiger partial charge in [-0.1, -0.05) is 30.3 Å². The molecular formula is C29H26N4O. The van der Waals surface area contributed by atoms with E-state index in [1.807, 2.05) is 24.5 Å². The van der Waals surface area contributed by atoms with Gasteiger partial charge in [-0.05, 0) is 60.9 Å². The molecule has 3 aromatic heterocycles. The van der Waals surface area contributed by atoms with Crippen molar-refractivity contribution in [3.63, 3.8) is 0 Å². The molecule has 0 aliphatic carbocycles. The number of aliphatic imine (C=N–C) groups is 1. The van der Waals surface area contributed by atoms with E-state index < -0.39 is 0 Å². The van der Waals surface area contributed by atoms with Gasteiger partial charge in [0.15, 0.2) is 0 Å². The Balaban J connectivity index is 1.63. The summed E-state index contributed by atoms with van der Waals surface area (Å²) in [5.41, 5.74) is 9.60. The number of methoxy groups -OCH3 is 1. The molecule has 0 unspecified atom stereocenters. The van der Waals surface area contributed by atoms with E-state index in [0.29, 0.717) is 6.54 Å². The van der Waals surface area contributed by atoms with Gasteiger partial charge in [-0.25, -0.2) is 0 Å². The molecule has 0 spiro atoms. The van der Waals surface area contributed by atoms with E-state index in [2.05, 4.69) is 77.3 Å². The van der Waals surface area contributed by atoms with Crippen molar-refractivity contribution in [2.75, 3.05) is 13.7 Å². The van der Waals surface area contributed by atoms with Crippen LogP contribution < -0.4 is 4.74 Å². The molecule has 2 aromatic carbocycles. The summed E-state index contributed by atoms with van der Waals surface area (Å²) in [6.07, 6.45) is 7.27. The predicted octanol–water partition coefficient (Wildman–Crippen LogP) is 6.47. The van der Waals surface area contributed by atoms with Gasteiger partial charge in [0, 0.05) is 52.7 Å². The van der Waals surface area contributed by atoms with Crippen molar-refractivity contribution in [2.45, 2.75) is 13.8 Å². The molecule has 0 aliphatic heterocycles. The Morgan fingerprint density at radius 3 is 2.59 bits per heavy atom.